The van der Waals surface area contributed by atoms with Gasteiger partial charge < -0.3 is 19.9 Å². The number of aliphatic hydroxyl groups is 1. The van der Waals surface area contributed by atoms with E-state index in [-0.39, 0.29) is 12.0 Å². The van der Waals surface area contributed by atoms with Crippen LogP contribution in [0.2, 0.25) is 0 Å². The predicted molar refractivity (Wildman–Crippen MR) is 97.6 cm³/mol. The smallest absolute Gasteiger partial charge is 0.146 e. The summed E-state index contributed by atoms with van der Waals surface area (Å²) in [7, 11) is 0. The minimum Gasteiger partial charge on any atom is -0.388 e. The second-order valence-electron chi connectivity index (χ2n) is 7.95. The highest BCUT2D eigenvalue weighted by molar-refractivity contribution is 6.02. The summed E-state index contributed by atoms with van der Waals surface area (Å²) < 4.78 is 7.93. The Kier molecular flexibility index (Phi) is 3.22. The van der Waals surface area contributed by atoms with E-state index in [2.05, 4.69) is 40.5 Å². The normalized spacial score (nSPS) is 22.5. The van der Waals surface area contributed by atoms with E-state index in [1.165, 1.54) is 6.33 Å². The number of fused-ring (bicyclic) bond motifs is 5. The van der Waals surface area contributed by atoms with Crippen molar-refractivity contribution in [2.75, 3.05) is 5.73 Å². The molecule has 0 saturated heterocycles. The molecule has 1 saturated carbocycles. The van der Waals surface area contributed by atoms with Crippen LogP contribution >= 0.6 is 0 Å². The molecule has 0 amide bonds. The molecule has 26 heavy (non-hydrogen) atoms. The molecule has 0 aromatic carbocycles. The molecule has 2 atom stereocenters. The number of nitrogens with two attached hydrogens (primary N) is 1. The van der Waals surface area contributed by atoms with Gasteiger partial charge in [0, 0.05) is 23.2 Å². The second kappa shape index (κ2) is 5.30. The van der Waals surface area contributed by atoms with Gasteiger partial charge in [0.25, 0.3) is 0 Å². The number of hydrogen-bond acceptors (Lipinski definition) is 6. The van der Waals surface area contributed by atoms with Gasteiger partial charge in [-0.05, 0) is 39.0 Å². The van der Waals surface area contributed by atoms with E-state index in [0.29, 0.717) is 17.4 Å². The van der Waals surface area contributed by atoms with Crippen molar-refractivity contribution in [2.24, 2.45) is 5.92 Å². The molecular weight excluding hydrogens is 330 g/mol. The predicted octanol–water partition coefficient (Wildman–Crippen LogP) is 3.35. The van der Waals surface area contributed by atoms with Gasteiger partial charge in [-0.1, -0.05) is 12.1 Å². The Morgan fingerprint density at radius 2 is 2.08 bits per heavy atom. The van der Waals surface area contributed by atoms with E-state index in [9.17, 15) is 5.11 Å². The van der Waals surface area contributed by atoms with Gasteiger partial charge >= 0.3 is 0 Å². The lowest BCUT2D eigenvalue weighted by Crippen LogP contribution is -2.14. The minimum absolute atomic E-state index is 0.0443. The molecule has 0 unspecified atom stereocenters. The summed E-state index contributed by atoms with van der Waals surface area (Å²) >= 11 is 0. The van der Waals surface area contributed by atoms with Crippen LogP contribution in [0.3, 0.4) is 0 Å². The third-order valence-electron chi connectivity index (χ3n) is 5.72. The van der Waals surface area contributed by atoms with E-state index in [0.717, 1.165) is 52.9 Å². The van der Waals surface area contributed by atoms with Gasteiger partial charge in [-0.2, -0.15) is 0 Å². The molecule has 1 fully saturated rings. The molecule has 3 heterocycles. The van der Waals surface area contributed by atoms with E-state index >= 15 is 0 Å². The molecule has 136 valence electrons. The van der Waals surface area contributed by atoms with Crippen LogP contribution in [0.1, 0.15) is 68.7 Å². The van der Waals surface area contributed by atoms with E-state index in [4.69, 9.17) is 10.3 Å². The maximum absolute atomic E-state index is 11.0. The molecule has 3 N–H and O–H groups in total. The second-order valence-corrected chi connectivity index (χ2v) is 7.95. The first-order chi connectivity index (χ1) is 12.5. The number of nitrogens with zero attached hydrogens (tertiary/aromatic N) is 4. The molecule has 2 aliphatic carbocycles. The topological polar surface area (TPSA) is 103 Å². The number of aromatic nitrogens is 4. The van der Waals surface area contributed by atoms with Gasteiger partial charge in [0.1, 0.15) is 29.2 Å². The average Bonchev–Trinajstić information content (AvgIpc) is 3.28. The lowest BCUT2D eigenvalue weighted by molar-refractivity contribution is 0.116. The highest BCUT2D eigenvalue weighted by atomic mass is 16.5. The zero-order chi connectivity index (χ0) is 18.2. The number of aliphatic hydroxyl groups excluding tert-OH is 1. The number of rotatable bonds is 2. The van der Waals surface area contributed by atoms with Crippen LogP contribution in [0.4, 0.5) is 5.82 Å². The zero-order valence-electron chi connectivity index (χ0n) is 15.2. The van der Waals surface area contributed by atoms with E-state index < -0.39 is 6.10 Å². The van der Waals surface area contributed by atoms with E-state index in [1.807, 2.05) is 0 Å². The van der Waals surface area contributed by atoms with Gasteiger partial charge in [0.2, 0.25) is 0 Å². The van der Waals surface area contributed by atoms with E-state index in [1.54, 1.807) is 0 Å². The van der Waals surface area contributed by atoms with Crippen molar-refractivity contribution in [3.63, 3.8) is 0 Å². The van der Waals surface area contributed by atoms with Gasteiger partial charge in [-0.25, -0.2) is 9.97 Å². The summed E-state index contributed by atoms with van der Waals surface area (Å²) in [6, 6.07) is 0.205. The summed E-state index contributed by atoms with van der Waals surface area (Å²) in [6.45, 7) is 6.33. The zero-order valence-corrected chi connectivity index (χ0v) is 15.2. The number of anilines is 1. The largest absolute Gasteiger partial charge is 0.388 e. The van der Waals surface area contributed by atoms with Crippen molar-refractivity contribution in [2.45, 2.75) is 58.1 Å². The van der Waals surface area contributed by atoms with Crippen molar-refractivity contribution in [3.05, 3.63) is 23.3 Å². The summed E-state index contributed by atoms with van der Waals surface area (Å²) in [5, 5.41) is 16.3. The van der Waals surface area contributed by atoms with Crippen molar-refractivity contribution in [3.8, 4) is 11.3 Å². The van der Waals surface area contributed by atoms with Crippen LogP contribution < -0.4 is 5.73 Å². The Hall–Kier alpha value is -2.41. The maximum atomic E-state index is 11.0. The first-order valence-corrected chi connectivity index (χ1v) is 9.30. The Bertz CT molecular complexity index is 1010. The molecule has 3 aromatic rings. The van der Waals surface area contributed by atoms with Gasteiger partial charge in [0.15, 0.2) is 0 Å². The minimum atomic E-state index is -0.597. The van der Waals surface area contributed by atoms with Crippen LogP contribution in [0.15, 0.2) is 10.9 Å². The summed E-state index contributed by atoms with van der Waals surface area (Å²) in [4.78, 5) is 8.74. The third-order valence-corrected chi connectivity index (χ3v) is 5.72. The molecular formula is C19H23N5O2. The van der Waals surface area contributed by atoms with Gasteiger partial charge in [0.05, 0.1) is 17.1 Å². The van der Waals surface area contributed by atoms with Crippen molar-refractivity contribution in [1.29, 1.82) is 0 Å². The van der Waals surface area contributed by atoms with Crippen LogP contribution in [-0.4, -0.2) is 24.8 Å². The molecule has 0 spiro atoms. The fraction of sp³-hybridized carbons (Fsp3) is 0.526. The van der Waals surface area contributed by atoms with Gasteiger partial charge in [-0.15, -0.1) is 0 Å². The molecule has 7 heteroatoms. The molecule has 2 aliphatic rings. The third kappa shape index (κ3) is 2.00. The molecule has 0 bridgehead atoms. The van der Waals surface area contributed by atoms with Crippen molar-refractivity contribution < 1.29 is 9.63 Å². The maximum Gasteiger partial charge on any atom is 0.146 e. The fourth-order valence-electron chi connectivity index (χ4n) is 4.33. The SMILES string of the molecule is CC(C)n1c2c(c3c(N)ncnc31)-c1noc(C3CC3)c1[C@@H](O)[C@H](C)C2. The molecule has 0 aliphatic heterocycles. The van der Waals surface area contributed by atoms with Crippen LogP contribution in [-0.2, 0) is 6.42 Å². The first kappa shape index (κ1) is 15.8. The molecule has 7 nitrogen and oxygen atoms in total. The monoisotopic (exact) mass is 353 g/mol. The molecule has 3 aromatic heterocycles. The molecule has 0 radical (unpaired) electrons. The van der Waals surface area contributed by atoms with Crippen LogP contribution in [0, 0.1) is 5.92 Å². The number of nitrogen functional groups attached to an aromatic ring is 1. The van der Waals surface area contributed by atoms with Crippen LogP contribution in [0.5, 0.6) is 0 Å². The summed E-state index contributed by atoms with van der Waals surface area (Å²) in [5.74, 6) is 1.70. The van der Waals surface area contributed by atoms with Crippen molar-refractivity contribution >= 4 is 16.9 Å². The highest BCUT2D eigenvalue weighted by Gasteiger charge is 2.41. The first-order valence-electron chi connectivity index (χ1n) is 9.30. The fourth-order valence-corrected chi connectivity index (χ4v) is 4.33. The summed E-state index contributed by atoms with van der Waals surface area (Å²) in [6.07, 6.45) is 3.82. The van der Waals surface area contributed by atoms with Crippen molar-refractivity contribution in [1.82, 2.24) is 19.7 Å². The summed E-state index contributed by atoms with van der Waals surface area (Å²) in [5.41, 5.74) is 10.7. The quantitative estimate of drug-likeness (QED) is 0.732. The lowest BCUT2D eigenvalue weighted by atomic mass is 9.94. The Morgan fingerprint density at radius 1 is 1.31 bits per heavy atom. The number of hydrogen-bond donors (Lipinski definition) is 2. The Labute approximate surface area is 151 Å². The lowest BCUT2D eigenvalue weighted by Gasteiger charge is -2.19. The Morgan fingerprint density at radius 3 is 2.77 bits per heavy atom. The highest BCUT2D eigenvalue weighted by Crippen LogP contribution is 2.51. The Balaban J connectivity index is 1.91. The molecule has 5 rings (SSSR count). The van der Waals surface area contributed by atoms with Gasteiger partial charge in [-0.3, -0.25) is 0 Å². The van der Waals surface area contributed by atoms with Crippen LogP contribution in [0.25, 0.3) is 22.3 Å². The average molecular weight is 353 g/mol. The standard InChI is InChI=1S/C19H23N5O2/c1-8(2)24-11-6-9(3)16(25)14-15(23-26-17(14)10-4-5-10)12(11)13-18(20)21-7-22-19(13)24/h7-10,16,25H,4-6H2,1-3H3,(H2,20,21,22)/t9-,16+/m1/s1.